The van der Waals surface area contributed by atoms with Gasteiger partial charge in [0.05, 0.1) is 6.61 Å². The summed E-state index contributed by atoms with van der Waals surface area (Å²) in [6, 6.07) is 8.77. The van der Waals surface area contributed by atoms with Crippen LogP contribution in [0.5, 0.6) is 0 Å². The van der Waals surface area contributed by atoms with E-state index in [4.69, 9.17) is 14.2 Å². The lowest BCUT2D eigenvalue weighted by Gasteiger charge is -2.22. The largest absolute Gasteiger partial charge is 0.385 e. The van der Waals surface area contributed by atoms with Crippen LogP contribution in [-0.4, -0.2) is 39.8 Å². The molecule has 1 aliphatic heterocycles. The van der Waals surface area contributed by atoms with Crippen molar-refractivity contribution in [2.24, 2.45) is 5.92 Å². The smallest absolute Gasteiger partial charge is 0.157 e. The maximum Gasteiger partial charge on any atom is 0.157 e. The van der Waals surface area contributed by atoms with Gasteiger partial charge in [0.2, 0.25) is 0 Å². The van der Waals surface area contributed by atoms with Crippen LogP contribution in [0.2, 0.25) is 0 Å². The van der Waals surface area contributed by atoms with E-state index >= 15 is 0 Å². The van der Waals surface area contributed by atoms with Gasteiger partial charge in [-0.25, -0.2) is 0 Å². The highest BCUT2D eigenvalue weighted by Gasteiger charge is 2.13. The number of hydrogen-bond acceptors (Lipinski definition) is 4. The van der Waals surface area contributed by atoms with E-state index in [2.05, 4.69) is 36.5 Å². The lowest BCUT2D eigenvalue weighted by atomic mass is 10.1. The Balaban J connectivity index is 1.65. The fraction of sp³-hybridized carbons (Fsp3) is 0.700. The number of hydrogen-bond donors (Lipinski definition) is 1. The molecule has 0 bridgehead atoms. The Hall–Kier alpha value is -0.940. The lowest BCUT2D eigenvalue weighted by Crippen LogP contribution is -2.23. The Morgan fingerprint density at radius 1 is 1.25 bits per heavy atom. The summed E-state index contributed by atoms with van der Waals surface area (Å²) in [5, 5.41) is 3.54. The van der Waals surface area contributed by atoms with Crippen molar-refractivity contribution in [2.45, 2.75) is 51.9 Å². The Morgan fingerprint density at radius 2 is 2.12 bits per heavy atom. The zero-order chi connectivity index (χ0) is 17.0. The predicted molar refractivity (Wildman–Crippen MR) is 97.1 cm³/mol. The lowest BCUT2D eigenvalue weighted by molar-refractivity contribution is -0.161. The van der Waals surface area contributed by atoms with Gasteiger partial charge in [-0.15, -0.1) is 0 Å². The number of ether oxygens (including phenoxy) is 3. The summed E-state index contributed by atoms with van der Waals surface area (Å²) in [7, 11) is 1.76. The summed E-state index contributed by atoms with van der Waals surface area (Å²) in [5.41, 5.74) is 2.66. The molecule has 24 heavy (non-hydrogen) atoms. The topological polar surface area (TPSA) is 39.7 Å². The second-order valence-electron chi connectivity index (χ2n) is 6.75. The van der Waals surface area contributed by atoms with Crippen molar-refractivity contribution in [3.8, 4) is 0 Å². The third-order valence-electron chi connectivity index (χ3n) is 4.46. The third-order valence-corrected chi connectivity index (χ3v) is 4.46. The van der Waals surface area contributed by atoms with Crippen molar-refractivity contribution in [1.29, 1.82) is 0 Å². The van der Waals surface area contributed by atoms with Crippen LogP contribution < -0.4 is 5.32 Å². The molecular weight excluding hydrogens is 302 g/mol. The van der Waals surface area contributed by atoms with Crippen molar-refractivity contribution in [3.05, 3.63) is 35.4 Å². The molecule has 0 saturated carbocycles. The van der Waals surface area contributed by atoms with Crippen LogP contribution >= 0.6 is 0 Å². The maximum atomic E-state index is 5.83. The van der Waals surface area contributed by atoms with Crippen molar-refractivity contribution in [3.63, 3.8) is 0 Å². The maximum absolute atomic E-state index is 5.83. The minimum Gasteiger partial charge on any atom is -0.385 e. The molecule has 0 aliphatic carbocycles. The van der Waals surface area contributed by atoms with Gasteiger partial charge in [-0.3, -0.25) is 0 Å². The van der Waals surface area contributed by atoms with E-state index in [0.717, 1.165) is 52.2 Å². The van der Waals surface area contributed by atoms with Crippen molar-refractivity contribution in [1.82, 2.24) is 5.32 Å². The highest BCUT2D eigenvalue weighted by atomic mass is 16.7. The highest BCUT2D eigenvalue weighted by molar-refractivity contribution is 5.23. The molecule has 1 aromatic carbocycles. The zero-order valence-electron chi connectivity index (χ0n) is 15.3. The molecular formula is C20H33NO3. The van der Waals surface area contributed by atoms with Crippen molar-refractivity contribution in [2.75, 3.05) is 33.5 Å². The van der Waals surface area contributed by atoms with Gasteiger partial charge in [0.25, 0.3) is 0 Å². The van der Waals surface area contributed by atoms with E-state index in [1.807, 2.05) is 0 Å². The van der Waals surface area contributed by atoms with Gasteiger partial charge in [0, 0.05) is 26.9 Å². The quantitative estimate of drug-likeness (QED) is 0.671. The number of rotatable bonds is 11. The Kier molecular flexibility index (Phi) is 9.36. The fourth-order valence-electron chi connectivity index (χ4n) is 2.93. The van der Waals surface area contributed by atoms with Gasteiger partial charge < -0.3 is 19.5 Å². The van der Waals surface area contributed by atoms with Crippen molar-refractivity contribution >= 4 is 0 Å². The monoisotopic (exact) mass is 335 g/mol. The summed E-state index contributed by atoms with van der Waals surface area (Å²) in [6.45, 7) is 6.61. The van der Waals surface area contributed by atoms with Gasteiger partial charge >= 0.3 is 0 Å². The van der Waals surface area contributed by atoms with Gasteiger partial charge in [0.15, 0.2) is 6.29 Å². The summed E-state index contributed by atoms with van der Waals surface area (Å²) in [6.07, 6.45) is 5.47. The van der Waals surface area contributed by atoms with E-state index in [-0.39, 0.29) is 6.29 Å². The molecule has 0 radical (unpaired) electrons. The van der Waals surface area contributed by atoms with Crippen LogP contribution in [0.1, 0.15) is 43.7 Å². The minimum absolute atomic E-state index is 0.0113. The average molecular weight is 335 g/mol. The first-order valence-electron chi connectivity index (χ1n) is 9.28. The predicted octanol–water partition coefficient (Wildman–Crippen LogP) is 3.53. The second-order valence-corrected chi connectivity index (χ2v) is 6.75. The number of nitrogens with one attached hydrogen (secondary N) is 1. The molecule has 1 aliphatic rings. The van der Waals surface area contributed by atoms with E-state index in [0.29, 0.717) is 5.92 Å². The van der Waals surface area contributed by atoms with Crippen molar-refractivity contribution < 1.29 is 14.2 Å². The molecule has 4 heteroatoms. The highest BCUT2D eigenvalue weighted by Crippen LogP contribution is 2.14. The molecule has 0 aromatic heterocycles. The van der Waals surface area contributed by atoms with E-state index in [1.54, 1.807) is 7.11 Å². The van der Waals surface area contributed by atoms with E-state index in [9.17, 15) is 0 Å². The average Bonchev–Trinajstić information content (AvgIpc) is 2.61. The Bertz CT molecular complexity index is 446. The minimum atomic E-state index is 0.0113. The van der Waals surface area contributed by atoms with Gasteiger partial charge in [-0.05, 0) is 55.7 Å². The molecule has 1 fully saturated rings. The first-order chi connectivity index (χ1) is 11.8. The standard InChI is InChI=1S/C20H33NO3/c1-17(9-12-22-2)15-21-16-19-7-5-6-18(14-19)10-13-24-20-8-3-4-11-23-20/h5-7,14,17,20-21H,3-4,8-13,15-16H2,1-2H3. The van der Waals surface area contributed by atoms with Crippen LogP contribution in [-0.2, 0) is 27.2 Å². The molecule has 0 spiro atoms. The molecule has 2 unspecified atom stereocenters. The summed E-state index contributed by atoms with van der Waals surface area (Å²) in [5.74, 6) is 0.636. The second kappa shape index (κ2) is 11.6. The summed E-state index contributed by atoms with van der Waals surface area (Å²) >= 11 is 0. The molecule has 1 saturated heterocycles. The number of benzene rings is 1. The molecule has 2 atom stereocenters. The number of methoxy groups -OCH3 is 1. The van der Waals surface area contributed by atoms with Crippen LogP contribution in [0.15, 0.2) is 24.3 Å². The van der Waals surface area contributed by atoms with E-state index < -0.39 is 0 Å². The first-order valence-corrected chi connectivity index (χ1v) is 9.28. The van der Waals surface area contributed by atoms with Crippen LogP contribution in [0.4, 0.5) is 0 Å². The molecule has 1 heterocycles. The van der Waals surface area contributed by atoms with Crippen LogP contribution in [0.3, 0.4) is 0 Å². The van der Waals surface area contributed by atoms with E-state index in [1.165, 1.54) is 24.0 Å². The summed E-state index contributed by atoms with van der Waals surface area (Å²) in [4.78, 5) is 0. The molecule has 4 nitrogen and oxygen atoms in total. The fourth-order valence-corrected chi connectivity index (χ4v) is 2.93. The normalized spacial score (nSPS) is 19.3. The molecule has 136 valence electrons. The molecule has 2 rings (SSSR count). The van der Waals surface area contributed by atoms with Crippen LogP contribution in [0, 0.1) is 5.92 Å². The zero-order valence-corrected chi connectivity index (χ0v) is 15.3. The van der Waals surface area contributed by atoms with Gasteiger partial charge in [0.1, 0.15) is 0 Å². The first kappa shape index (κ1) is 19.4. The van der Waals surface area contributed by atoms with Gasteiger partial charge in [-0.2, -0.15) is 0 Å². The Labute approximate surface area is 146 Å². The molecule has 0 amide bonds. The molecule has 1 aromatic rings. The van der Waals surface area contributed by atoms with Crippen LogP contribution in [0.25, 0.3) is 0 Å². The molecule has 1 N–H and O–H groups in total. The summed E-state index contributed by atoms with van der Waals surface area (Å²) < 4.78 is 16.6. The van der Waals surface area contributed by atoms with Gasteiger partial charge in [-0.1, -0.05) is 31.2 Å². The SMILES string of the molecule is COCCC(C)CNCc1cccc(CCOC2CCCCO2)c1. The third kappa shape index (κ3) is 7.75. The Morgan fingerprint density at radius 3 is 2.92 bits per heavy atom.